The molecule has 2 aliphatic carbocycles. The monoisotopic (exact) mass is 670 g/mol. The van der Waals surface area contributed by atoms with Gasteiger partial charge in [-0.3, -0.25) is 28.9 Å². The molecule has 2 saturated heterocycles. The molecule has 2 aromatic carbocycles. The van der Waals surface area contributed by atoms with Gasteiger partial charge in [0, 0.05) is 18.9 Å². The minimum Gasteiger partial charge on any atom is -0.507 e. The summed E-state index contributed by atoms with van der Waals surface area (Å²) in [5, 5.41) is 19.5. The number of imide groups is 2. The van der Waals surface area contributed by atoms with Crippen LogP contribution < -0.4 is 4.90 Å². The Morgan fingerprint density at radius 3 is 2.24 bits per heavy atom. The van der Waals surface area contributed by atoms with Crippen molar-refractivity contribution in [2.24, 2.45) is 17.8 Å². The van der Waals surface area contributed by atoms with Crippen LogP contribution in [0.2, 0.25) is 0 Å². The Balaban J connectivity index is 1.44. The number of anilines is 1. The second kappa shape index (κ2) is 11.5. The normalized spacial score (nSPS) is 30.3. The number of rotatable bonds is 8. The maximum atomic E-state index is 14.4. The lowest BCUT2D eigenvalue weighted by atomic mass is 9.56. The lowest BCUT2D eigenvalue weighted by Crippen LogP contribution is -2.60. The van der Waals surface area contributed by atoms with Gasteiger partial charge in [0.2, 0.25) is 11.8 Å². The summed E-state index contributed by atoms with van der Waals surface area (Å²) in [7, 11) is 0. The van der Waals surface area contributed by atoms with Crippen LogP contribution in [0.25, 0.3) is 0 Å². The highest BCUT2D eigenvalue weighted by atomic mass is 35.5. The molecule has 1 saturated carbocycles. The van der Waals surface area contributed by atoms with Crippen LogP contribution >= 0.6 is 23.2 Å². The number of aryl methyl sites for hydroxylation is 2. The third kappa shape index (κ3) is 4.67. The first-order valence-corrected chi connectivity index (χ1v) is 16.1. The SMILES string of the molecule is Cc1cc(C2C3=CCC4C(=O)N(CCCCCC(=O)O)C(=O)C4C3CC3(Cl)C(=O)N(c4ccc(F)cc4)C(=O)C23Cl)cc(C)c1O. The molecule has 242 valence electrons. The van der Waals surface area contributed by atoms with Crippen molar-refractivity contribution in [1.82, 2.24) is 4.90 Å². The van der Waals surface area contributed by atoms with Gasteiger partial charge in [0.1, 0.15) is 11.6 Å². The molecular formula is C34H33Cl2FN2O7. The van der Waals surface area contributed by atoms with Crippen molar-refractivity contribution in [3.8, 4) is 5.75 Å². The highest BCUT2D eigenvalue weighted by Gasteiger charge is 2.76. The molecule has 2 aliphatic heterocycles. The van der Waals surface area contributed by atoms with Gasteiger partial charge in [-0.15, -0.1) is 23.2 Å². The second-order valence-corrected chi connectivity index (χ2v) is 14.0. The van der Waals surface area contributed by atoms with E-state index in [1.807, 2.05) is 6.08 Å². The zero-order valence-electron chi connectivity index (χ0n) is 25.3. The lowest BCUT2D eigenvalue weighted by Gasteiger charge is -2.50. The Kier molecular flexibility index (Phi) is 8.04. The number of aromatic hydroxyl groups is 1. The summed E-state index contributed by atoms with van der Waals surface area (Å²) in [4.78, 5) is 65.1. The van der Waals surface area contributed by atoms with Crippen LogP contribution in [0.3, 0.4) is 0 Å². The van der Waals surface area contributed by atoms with Crippen LogP contribution in [-0.4, -0.2) is 61.0 Å². The summed E-state index contributed by atoms with van der Waals surface area (Å²) in [6, 6.07) is 8.21. The maximum absolute atomic E-state index is 14.4. The Labute approximate surface area is 274 Å². The number of amides is 4. The zero-order chi connectivity index (χ0) is 33.3. The number of phenols is 1. The molecule has 4 amide bonds. The van der Waals surface area contributed by atoms with Crippen LogP contribution in [0, 0.1) is 37.4 Å². The van der Waals surface area contributed by atoms with Gasteiger partial charge in [0.05, 0.1) is 17.5 Å². The van der Waals surface area contributed by atoms with Gasteiger partial charge in [-0.25, -0.2) is 9.29 Å². The molecule has 12 heteroatoms. The van der Waals surface area contributed by atoms with Crippen molar-refractivity contribution in [3.05, 3.63) is 70.6 Å². The Morgan fingerprint density at radius 1 is 0.957 bits per heavy atom. The van der Waals surface area contributed by atoms with E-state index >= 15 is 0 Å². The quantitative estimate of drug-likeness (QED) is 0.167. The van der Waals surface area contributed by atoms with E-state index in [-0.39, 0.29) is 43.2 Å². The van der Waals surface area contributed by atoms with Crippen LogP contribution in [0.1, 0.15) is 61.1 Å². The number of hydrogen-bond donors (Lipinski definition) is 2. The van der Waals surface area contributed by atoms with Gasteiger partial charge in [-0.2, -0.15) is 0 Å². The molecular weight excluding hydrogens is 638 g/mol. The predicted octanol–water partition coefficient (Wildman–Crippen LogP) is 5.36. The summed E-state index contributed by atoms with van der Waals surface area (Å²) in [5.74, 6) is -6.95. The van der Waals surface area contributed by atoms with Crippen LogP contribution in [0.15, 0.2) is 48.0 Å². The molecule has 46 heavy (non-hydrogen) atoms. The first kappa shape index (κ1) is 32.2. The number of carbonyl (C=O) groups excluding carboxylic acids is 4. The molecule has 4 aliphatic rings. The number of benzene rings is 2. The first-order valence-electron chi connectivity index (χ1n) is 15.3. The molecule has 6 atom stereocenters. The minimum absolute atomic E-state index is 0.000234. The summed E-state index contributed by atoms with van der Waals surface area (Å²) < 4.78 is 13.8. The number of unbranched alkanes of at least 4 members (excludes halogenated alkanes) is 2. The second-order valence-electron chi connectivity index (χ2n) is 12.8. The molecule has 0 radical (unpaired) electrons. The number of carboxylic acid groups (broad SMARTS) is 1. The van der Waals surface area contributed by atoms with Gasteiger partial charge < -0.3 is 10.2 Å². The highest BCUT2D eigenvalue weighted by Crippen LogP contribution is 2.66. The van der Waals surface area contributed by atoms with Gasteiger partial charge in [0.25, 0.3) is 11.8 Å². The van der Waals surface area contributed by atoms with E-state index in [1.165, 1.54) is 17.0 Å². The number of halogens is 3. The number of carboxylic acids is 1. The van der Waals surface area contributed by atoms with Gasteiger partial charge in [-0.1, -0.05) is 30.2 Å². The summed E-state index contributed by atoms with van der Waals surface area (Å²) in [6.45, 7) is 3.55. The molecule has 2 aromatic rings. The van der Waals surface area contributed by atoms with Crippen LogP contribution in [0.4, 0.5) is 10.1 Å². The third-order valence-corrected chi connectivity index (χ3v) is 11.5. The smallest absolute Gasteiger partial charge is 0.303 e. The summed E-state index contributed by atoms with van der Waals surface area (Å²) in [5.41, 5.74) is 2.28. The number of nitrogens with zero attached hydrogens (tertiary/aromatic N) is 2. The molecule has 2 N–H and O–H groups in total. The number of aliphatic carboxylic acids is 1. The highest BCUT2D eigenvalue weighted by molar-refractivity contribution is 6.58. The maximum Gasteiger partial charge on any atom is 0.303 e. The third-order valence-electron chi connectivity index (χ3n) is 10.1. The van der Waals surface area contributed by atoms with E-state index < -0.39 is 62.9 Å². The molecule has 6 rings (SSSR count). The Morgan fingerprint density at radius 2 is 1.61 bits per heavy atom. The van der Waals surface area contributed by atoms with Crippen molar-refractivity contribution in [3.63, 3.8) is 0 Å². The fraction of sp³-hybridized carbons (Fsp3) is 0.441. The Bertz CT molecular complexity index is 1690. The zero-order valence-corrected chi connectivity index (χ0v) is 26.8. The summed E-state index contributed by atoms with van der Waals surface area (Å²) >= 11 is 14.7. The van der Waals surface area contributed by atoms with E-state index in [0.717, 1.165) is 17.0 Å². The van der Waals surface area contributed by atoms with E-state index in [4.69, 9.17) is 28.3 Å². The fourth-order valence-corrected chi connectivity index (χ4v) is 8.87. The summed E-state index contributed by atoms with van der Waals surface area (Å²) in [6.07, 6.45) is 3.28. The van der Waals surface area contributed by atoms with E-state index in [0.29, 0.717) is 41.5 Å². The molecule has 9 nitrogen and oxygen atoms in total. The Hall–Kier alpha value is -3.76. The number of fused-ring (bicyclic) bond motifs is 4. The topological polar surface area (TPSA) is 132 Å². The van der Waals surface area contributed by atoms with Gasteiger partial charge in [-0.05, 0) is 86.4 Å². The number of alkyl halides is 2. The average Bonchev–Trinajstić information content (AvgIpc) is 3.33. The molecule has 2 heterocycles. The molecule has 0 spiro atoms. The average molecular weight is 672 g/mol. The molecule has 0 bridgehead atoms. The number of likely N-dealkylation sites (tertiary alicyclic amines) is 1. The number of carbonyl (C=O) groups is 5. The van der Waals surface area contributed by atoms with Crippen molar-refractivity contribution in [1.29, 1.82) is 0 Å². The fourth-order valence-electron chi connectivity index (χ4n) is 7.94. The van der Waals surface area contributed by atoms with Crippen molar-refractivity contribution in [2.45, 2.75) is 68.0 Å². The first-order chi connectivity index (χ1) is 21.7. The molecule has 0 aromatic heterocycles. The van der Waals surface area contributed by atoms with Crippen LogP contribution in [-0.2, 0) is 24.0 Å². The number of hydrogen-bond acceptors (Lipinski definition) is 6. The van der Waals surface area contributed by atoms with E-state index in [1.54, 1.807) is 26.0 Å². The van der Waals surface area contributed by atoms with Crippen molar-refractivity contribution >= 4 is 58.5 Å². The van der Waals surface area contributed by atoms with Gasteiger partial charge >= 0.3 is 5.97 Å². The number of phenolic OH excluding ortho intramolecular Hbond substituents is 1. The largest absolute Gasteiger partial charge is 0.507 e. The van der Waals surface area contributed by atoms with Gasteiger partial charge in [0.15, 0.2) is 9.75 Å². The number of allylic oxidation sites excluding steroid dienone is 2. The standard InChI is InChI=1S/C34H33Cl2FN2O7/c1-17-14-19(15-18(2)28(17)42)27-22-11-12-23-26(30(44)38(29(23)43)13-5-3-4-6-25(40)41)24(22)16-33(35)31(45)39(32(46)34(27,33)36)21-9-7-20(37)8-10-21/h7-11,14-15,23-24,26-27,42H,3-6,12-13,16H2,1-2H3,(H,40,41). The van der Waals surface area contributed by atoms with E-state index in [9.17, 15) is 33.5 Å². The molecule has 6 unspecified atom stereocenters. The van der Waals surface area contributed by atoms with Crippen LogP contribution in [0.5, 0.6) is 5.75 Å². The van der Waals surface area contributed by atoms with Crippen molar-refractivity contribution in [2.75, 3.05) is 11.4 Å². The van der Waals surface area contributed by atoms with E-state index in [2.05, 4.69) is 0 Å². The molecule has 3 fully saturated rings. The minimum atomic E-state index is -2.06. The lowest BCUT2D eigenvalue weighted by molar-refractivity contribution is -0.141. The van der Waals surface area contributed by atoms with Crippen molar-refractivity contribution < 1.29 is 38.6 Å². The predicted molar refractivity (Wildman–Crippen MR) is 167 cm³/mol.